The van der Waals surface area contributed by atoms with Gasteiger partial charge in [0.1, 0.15) is 0 Å². The zero-order valence-electron chi connectivity index (χ0n) is 17.2. The molecule has 1 unspecified atom stereocenters. The molecule has 0 bridgehead atoms. The number of carbonyl (C=O) groups is 2. The lowest BCUT2D eigenvalue weighted by molar-refractivity contribution is -0.121. The van der Waals surface area contributed by atoms with E-state index in [0.29, 0.717) is 23.8 Å². The second-order valence-corrected chi connectivity index (χ2v) is 11.1. The summed E-state index contributed by atoms with van der Waals surface area (Å²) in [7, 11) is -3.27. The summed E-state index contributed by atoms with van der Waals surface area (Å²) in [5.41, 5.74) is 1.24. The van der Waals surface area contributed by atoms with Crippen LogP contribution in [0.5, 0.6) is 0 Å². The molecule has 2 fully saturated rings. The molecule has 0 aliphatic carbocycles. The Morgan fingerprint density at radius 1 is 0.781 bits per heavy atom. The fraction of sp³-hybridized carbons (Fsp3) is 0.167. The first-order chi connectivity index (χ1) is 15.5. The van der Waals surface area contributed by atoms with Gasteiger partial charge in [-0.3, -0.25) is 9.59 Å². The zero-order chi connectivity index (χ0) is 22.3. The van der Waals surface area contributed by atoms with E-state index in [9.17, 15) is 14.5 Å². The smallest absolute Gasteiger partial charge is 0.274 e. The Balaban J connectivity index is 1.59. The third kappa shape index (κ3) is 3.36. The third-order valence-corrected chi connectivity index (χ3v) is 9.71. The second-order valence-electron chi connectivity index (χ2n) is 7.80. The zero-order valence-corrected chi connectivity index (χ0v) is 18.9. The topological polar surface area (TPSA) is 64.1 Å². The van der Waals surface area contributed by atoms with Crippen molar-refractivity contribution in [2.24, 2.45) is 0 Å². The highest BCUT2D eigenvalue weighted by Gasteiger charge is 2.68. The van der Waals surface area contributed by atoms with Gasteiger partial charge in [0, 0.05) is 5.02 Å². The summed E-state index contributed by atoms with van der Waals surface area (Å²) in [5.74, 6) is -0.722. The summed E-state index contributed by atoms with van der Waals surface area (Å²) >= 11 is 6.11. The standard InChI is InChI=1S/C24H22ClN3O3P/c25-18-8-7-13-21(16-18)28-23(29)17-22(24(28)30)32(31)26(19-9-3-1-4-10-19)14-15-27(32)20-11-5-2-6-12-20/h1-13,16,22,31H,14-15,17H2/q+1. The van der Waals surface area contributed by atoms with Gasteiger partial charge in [-0.15, -0.1) is 0 Å². The van der Waals surface area contributed by atoms with Crippen molar-refractivity contribution in [3.63, 3.8) is 0 Å². The number of amides is 2. The highest BCUT2D eigenvalue weighted by atomic mass is 35.5. The molecule has 2 aliphatic heterocycles. The molecule has 3 aromatic rings. The molecule has 162 valence electrons. The van der Waals surface area contributed by atoms with Crippen molar-refractivity contribution in [3.8, 4) is 0 Å². The van der Waals surface area contributed by atoms with E-state index < -0.39 is 19.4 Å². The van der Waals surface area contributed by atoms with Crippen LogP contribution in [-0.2, 0) is 9.59 Å². The molecule has 32 heavy (non-hydrogen) atoms. The molecule has 0 saturated carbocycles. The minimum Gasteiger partial charge on any atom is -0.274 e. The van der Waals surface area contributed by atoms with Crippen LogP contribution in [0.4, 0.5) is 17.1 Å². The molecule has 3 aromatic carbocycles. The molecule has 5 rings (SSSR count). The van der Waals surface area contributed by atoms with Gasteiger partial charge in [0.2, 0.25) is 11.6 Å². The molecule has 0 spiro atoms. The average Bonchev–Trinajstić information content (AvgIpc) is 3.31. The van der Waals surface area contributed by atoms with Gasteiger partial charge in [-0.05, 0) is 42.5 Å². The van der Waals surface area contributed by atoms with E-state index >= 15 is 0 Å². The van der Waals surface area contributed by atoms with Crippen molar-refractivity contribution in [2.75, 3.05) is 27.3 Å². The van der Waals surface area contributed by atoms with Gasteiger partial charge >= 0.3 is 7.79 Å². The summed E-state index contributed by atoms with van der Waals surface area (Å²) in [6.07, 6.45) is -0.0533. The number of hydrogen-bond donors (Lipinski definition) is 1. The van der Waals surface area contributed by atoms with E-state index in [4.69, 9.17) is 11.6 Å². The minimum absolute atomic E-state index is 0.0533. The Labute approximate surface area is 192 Å². The van der Waals surface area contributed by atoms with Crippen molar-refractivity contribution in [1.29, 1.82) is 0 Å². The fourth-order valence-corrected chi connectivity index (χ4v) is 8.17. The molecule has 6 nitrogen and oxygen atoms in total. The van der Waals surface area contributed by atoms with Crippen LogP contribution < -0.4 is 14.2 Å². The summed E-state index contributed by atoms with van der Waals surface area (Å²) in [6.45, 7) is 1.11. The number of halogens is 1. The Bertz CT molecular complexity index is 1110. The van der Waals surface area contributed by atoms with E-state index in [-0.39, 0.29) is 12.3 Å². The quantitative estimate of drug-likeness (QED) is 0.444. The predicted octanol–water partition coefficient (Wildman–Crippen LogP) is 4.75. The van der Waals surface area contributed by atoms with E-state index in [1.807, 2.05) is 70.0 Å². The molecule has 2 amide bonds. The van der Waals surface area contributed by atoms with E-state index in [1.165, 1.54) is 4.90 Å². The van der Waals surface area contributed by atoms with Gasteiger partial charge in [0.25, 0.3) is 5.91 Å². The first-order valence-electron chi connectivity index (χ1n) is 10.4. The number of rotatable bonds is 4. The van der Waals surface area contributed by atoms with Crippen LogP contribution in [0.25, 0.3) is 0 Å². The van der Waals surface area contributed by atoms with Crippen LogP contribution in [0, 0.1) is 0 Å². The monoisotopic (exact) mass is 466 g/mol. The maximum Gasteiger partial charge on any atom is 0.344 e. The lowest BCUT2D eigenvalue weighted by Crippen LogP contribution is -2.39. The molecule has 2 aliphatic rings. The number of nitrogens with zero attached hydrogens (tertiary/aromatic N) is 3. The van der Waals surface area contributed by atoms with Crippen LogP contribution in [0.3, 0.4) is 0 Å². The normalized spacial score (nSPS) is 20.3. The Morgan fingerprint density at radius 2 is 1.31 bits per heavy atom. The maximum atomic E-state index is 13.7. The predicted molar refractivity (Wildman–Crippen MR) is 129 cm³/mol. The first-order valence-corrected chi connectivity index (χ1v) is 12.5. The van der Waals surface area contributed by atoms with Crippen LogP contribution in [0.2, 0.25) is 5.02 Å². The first kappa shape index (κ1) is 21.0. The highest BCUT2D eigenvalue weighted by molar-refractivity contribution is 7.75. The van der Waals surface area contributed by atoms with Crippen LogP contribution in [0.1, 0.15) is 6.42 Å². The van der Waals surface area contributed by atoms with Crippen molar-refractivity contribution < 1.29 is 14.5 Å². The number of imide groups is 1. The SMILES string of the molecule is O=C1CC([P+]2(O)N(c3ccccc3)CCN2c2ccccc2)C(=O)N1c1cccc(Cl)c1. The van der Waals surface area contributed by atoms with Crippen LogP contribution in [0.15, 0.2) is 84.9 Å². The molecule has 0 aromatic heterocycles. The summed E-state index contributed by atoms with van der Waals surface area (Å²) in [5, 5.41) is 0.442. The molecular formula is C24H22ClN3O3P+. The van der Waals surface area contributed by atoms with Crippen molar-refractivity contribution in [1.82, 2.24) is 0 Å². The number of hydrogen-bond acceptors (Lipinski definition) is 5. The fourth-order valence-electron chi connectivity index (χ4n) is 4.52. The van der Waals surface area contributed by atoms with Gasteiger partial charge in [-0.2, -0.15) is 0 Å². The van der Waals surface area contributed by atoms with Gasteiger partial charge in [-0.1, -0.05) is 54.1 Å². The van der Waals surface area contributed by atoms with E-state index in [2.05, 4.69) is 0 Å². The highest BCUT2D eigenvalue weighted by Crippen LogP contribution is 2.71. The molecular weight excluding hydrogens is 445 g/mol. The number of para-hydroxylation sites is 2. The summed E-state index contributed by atoms with van der Waals surface area (Å²) in [4.78, 5) is 40.2. The van der Waals surface area contributed by atoms with Gasteiger partial charge < -0.3 is 0 Å². The summed E-state index contributed by atoms with van der Waals surface area (Å²) in [6, 6.07) is 25.8. The number of carbonyl (C=O) groups excluding carboxylic acids is 2. The lowest BCUT2D eigenvalue weighted by atomic mass is 10.3. The van der Waals surface area contributed by atoms with Gasteiger partial charge in [0.15, 0.2) is 0 Å². The lowest BCUT2D eigenvalue weighted by Gasteiger charge is -2.34. The molecule has 2 heterocycles. The second kappa shape index (κ2) is 8.21. The number of benzene rings is 3. The van der Waals surface area contributed by atoms with Gasteiger partial charge in [0.05, 0.1) is 36.6 Å². The molecule has 2 saturated heterocycles. The Kier molecular flexibility index (Phi) is 5.38. The maximum absolute atomic E-state index is 13.7. The molecule has 0 radical (unpaired) electrons. The van der Waals surface area contributed by atoms with Crippen LogP contribution >= 0.6 is 19.4 Å². The Hall–Kier alpha value is -2.92. The van der Waals surface area contributed by atoms with E-state index in [1.54, 1.807) is 24.3 Å². The largest absolute Gasteiger partial charge is 0.344 e. The molecule has 8 heteroatoms. The van der Waals surface area contributed by atoms with Crippen LogP contribution in [-0.4, -0.2) is 35.5 Å². The number of anilines is 3. The average molecular weight is 467 g/mol. The minimum atomic E-state index is -3.27. The Morgan fingerprint density at radius 3 is 1.84 bits per heavy atom. The molecule has 1 N–H and O–H groups in total. The van der Waals surface area contributed by atoms with Crippen molar-refractivity contribution >= 4 is 48.3 Å². The summed E-state index contributed by atoms with van der Waals surface area (Å²) < 4.78 is 3.86. The van der Waals surface area contributed by atoms with Crippen molar-refractivity contribution in [2.45, 2.75) is 12.1 Å². The van der Waals surface area contributed by atoms with Gasteiger partial charge in [-0.25, -0.2) is 19.1 Å². The molecule has 1 atom stereocenters. The van der Waals surface area contributed by atoms with Crippen molar-refractivity contribution in [3.05, 3.63) is 90.0 Å². The third-order valence-electron chi connectivity index (χ3n) is 5.95. The van der Waals surface area contributed by atoms with E-state index in [0.717, 1.165) is 11.4 Å².